The normalized spacial score (nSPS) is 15.4. The minimum atomic E-state index is 0.643. The molecule has 0 saturated carbocycles. The fraction of sp³-hybridized carbons (Fsp3) is 0.943. The van der Waals surface area contributed by atoms with Crippen molar-refractivity contribution < 1.29 is 0 Å². The number of unbranched alkanes of at least 4 members (excludes halogenated alkanes) is 23. The van der Waals surface area contributed by atoms with Gasteiger partial charge in [-0.15, -0.1) is 0 Å². The Labute approximate surface area is 235 Å². The molecular weight excluding hydrogens is 448 g/mol. The maximum absolute atomic E-state index is 2.68. The summed E-state index contributed by atoms with van der Waals surface area (Å²) >= 11 is 0. The quantitative estimate of drug-likeness (QED) is 0.0908. The summed E-state index contributed by atoms with van der Waals surface area (Å²) in [7, 11) is 0. The Morgan fingerprint density at radius 2 is 0.622 bits per heavy atom. The first kappa shape index (κ1) is 34.4. The van der Waals surface area contributed by atoms with Crippen molar-refractivity contribution in [1.29, 1.82) is 0 Å². The Balaban J connectivity index is 2.02. The zero-order chi connectivity index (χ0) is 26.7. The Morgan fingerprint density at radius 3 is 1.00 bits per heavy atom. The van der Waals surface area contributed by atoms with Crippen LogP contribution in [0.3, 0.4) is 0 Å². The van der Waals surface area contributed by atoms with Crippen LogP contribution in [0.15, 0.2) is 12.4 Å². The van der Waals surface area contributed by atoms with E-state index in [2.05, 4.69) is 43.0 Å². The Morgan fingerprint density at radius 1 is 0.351 bits per heavy atom. The average Bonchev–Trinajstić information content (AvgIpc) is 3.29. The van der Waals surface area contributed by atoms with E-state index >= 15 is 0 Å². The highest BCUT2D eigenvalue weighted by Gasteiger charge is 2.24. The summed E-state index contributed by atoms with van der Waals surface area (Å²) in [6, 6.07) is 0. The third-order valence-corrected chi connectivity index (χ3v) is 8.57. The van der Waals surface area contributed by atoms with E-state index in [1.165, 1.54) is 186 Å². The summed E-state index contributed by atoms with van der Waals surface area (Å²) in [5.41, 5.74) is 0. The van der Waals surface area contributed by atoms with Crippen LogP contribution in [-0.2, 0) is 0 Å². The van der Waals surface area contributed by atoms with E-state index in [1.807, 2.05) is 0 Å². The second kappa shape index (κ2) is 26.9. The van der Waals surface area contributed by atoms with Crippen molar-refractivity contribution in [2.24, 2.45) is 0 Å². The molecule has 0 saturated heterocycles. The fourth-order valence-electron chi connectivity index (χ4n) is 6.01. The first-order valence-electron chi connectivity index (χ1n) is 17.5. The third-order valence-electron chi connectivity index (χ3n) is 8.57. The molecule has 0 fully saturated rings. The van der Waals surface area contributed by atoms with Crippen molar-refractivity contribution in [3.63, 3.8) is 0 Å². The molecule has 0 radical (unpaired) electrons. The van der Waals surface area contributed by atoms with Crippen LogP contribution in [0.4, 0.5) is 0 Å². The molecule has 0 N–H and O–H groups in total. The van der Waals surface area contributed by atoms with E-state index in [0.29, 0.717) is 6.17 Å². The van der Waals surface area contributed by atoms with E-state index in [1.54, 1.807) is 0 Å². The third kappa shape index (κ3) is 20.0. The van der Waals surface area contributed by atoms with E-state index in [0.717, 1.165) is 0 Å². The Kier molecular flexibility index (Phi) is 25.0. The lowest BCUT2D eigenvalue weighted by Crippen LogP contribution is -2.39. The predicted octanol–water partition coefficient (Wildman–Crippen LogP) is 12.0. The van der Waals surface area contributed by atoms with Crippen LogP contribution in [0.1, 0.15) is 194 Å². The van der Waals surface area contributed by atoms with Crippen LogP contribution in [0.2, 0.25) is 0 Å². The van der Waals surface area contributed by atoms with Gasteiger partial charge in [0.15, 0.2) is 0 Å². The van der Waals surface area contributed by atoms with E-state index in [-0.39, 0.29) is 0 Å². The highest BCUT2D eigenvalue weighted by atomic mass is 15.4. The van der Waals surface area contributed by atoms with Gasteiger partial charge in [-0.1, -0.05) is 168 Å². The summed E-state index contributed by atoms with van der Waals surface area (Å²) in [6.07, 6.45) is 44.0. The smallest absolute Gasteiger partial charge is 0.101 e. The molecule has 1 rings (SSSR count). The first-order chi connectivity index (χ1) is 18.3. The number of hydrogen-bond donors (Lipinski definition) is 0. The first-order valence-corrected chi connectivity index (χ1v) is 17.5. The largest absolute Gasteiger partial charge is 0.356 e. The summed E-state index contributed by atoms with van der Waals surface area (Å²) in [6.45, 7) is 9.45. The van der Waals surface area contributed by atoms with Crippen LogP contribution in [0.25, 0.3) is 0 Å². The maximum atomic E-state index is 2.68. The standard InChI is InChI=1S/C35H70N2/c1-4-7-10-12-14-15-16-17-18-19-20-21-22-23-24-26-29-32-37-34-33-36(31-28-9-6-3)35(37)30-27-25-13-11-8-5-2/h33-35H,4-32H2,1-3H3. The Bertz CT molecular complexity index is 474. The van der Waals surface area contributed by atoms with Gasteiger partial charge in [0.1, 0.15) is 6.17 Å². The van der Waals surface area contributed by atoms with Crippen molar-refractivity contribution in [2.75, 3.05) is 13.1 Å². The summed E-state index contributed by atoms with van der Waals surface area (Å²) < 4.78 is 0. The van der Waals surface area contributed by atoms with Crippen molar-refractivity contribution in [1.82, 2.24) is 9.80 Å². The second-order valence-corrected chi connectivity index (χ2v) is 12.2. The van der Waals surface area contributed by atoms with Gasteiger partial charge in [0.05, 0.1) is 0 Å². The molecule has 1 aliphatic rings. The molecule has 1 aliphatic heterocycles. The SMILES string of the molecule is CCCCCCCCCCCCCCCCCCCN1C=CN(CCCCC)C1CCCCCCCC. The summed E-state index contributed by atoms with van der Waals surface area (Å²) in [5, 5.41) is 0. The van der Waals surface area contributed by atoms with Crippen molar-refractivity contribution in [3.8, 4) is 0 Å². The van der Waals surface area contributed by atoms with Gasteiger partial charge in [0, 0.05) is 25.5 Å². The Hall–Kier alpha value is -0.660. The van der Waals surface area contributed by atoms with Crippen molar-refractivity contribution in [2.45, 2.75) is 200 Å². The molecule has 0 aliphatic carbocycles. The van der Waals surface area contributed by atoms with Gasteiger partial charge in [0.2, 0.25) is 0 Å². The molecule has 1 unspecified atom stereocenters. The molecule has 220 valence electrons. The van der Waals surface area contributed by atoms with E-state index in [4.69, 9.17) is 0 Å². The molecule has 2 heteroatoms. The van der Waals surface area contributed by atoms with Gasteiger partial charge in [0.25, 0.3) is 0 Å². The number of hydrogen-bond acceptors (Lipinski definition) is 2. The molecule has 0 spiro atoms. The molecule has 1 atom stereocenters. The van der Waals surface area contributed by atoms with Crippen LogP contribution in [0.5, 0.6) is 0 Å². The summed E-state index contributed by atoms with van der Waals surface area (Å²) in [5.74, 6) is 0. The lowest BCUT2D eigenvalue weighted by Gasteiger charge is -2.33. The van der Waals surface area contributed by atoms with Gasteiger partial charge in [-0.3, -0.25) is 0 Å². The molecule has 0 aromatic heterocycles. The highest BCUT2D eigenvalue weighted by Crippen LogP contribution is 2.23. The minimum Gasteiger partial charge on any atom is -0.356 e. The van der Waals surface area contributed by atoms with Crippen LogP contribution >= 0.6 is 0 Å². The monoisotopic (exact) mass is 519 g/mol. The minimum absolute atomic E-state index is 0.643. The zero-order valence-electron chi connectivity index (χ0n) is 26.1. The van der Waals surface area contributed by atoms with E-state index in [9.17, 15) is 0 Å². The van der Waals surface area contributed by atoms with Gasteiger partial charge in [-0.25, -0.2) is 0 Å². The molecular formula is C35H70N2. The average molecular weight is 519 g/mol. The predicted molar refractivity (Wildman–Crippen MR) is 168 cm³/mol. The fourth-order valence-corrected chi connectivity index (χ4v) is 6.01. The lowest BCUT2D eigenvalue weighted by atomic mass is 10.0. The molecule has 0 aromatic carbocycles. The highest BCUT2D eigenvalue weighted by molar-refractivity contribution is 4.97. The van der Waals surface area contributed by atoms with Gasteiger partial charge in [-0.2, -0.15) is 0 Å². The lowest BCUT2D eigenvalue weighted by molar-refractivity contribution is 0.135. The van der Waals surface area contributed by atoms with Crippen LogP contribution < -0.4 is 0 Å². The topological polar surface area (TPSA) is 6.48 Å². The molecule has 0 bridgehead atoms. The van der Waals surface area contributed by atoms with Crippen LogP contribution in [-0.4, -0.2) is 29.1 Å². The van der Waals surface area contributed by atoms with Crippen molar-refractivity contribution in [3.05, 3.63) is 12.4 Å². The van der Waals surface area contributed by atoms with Gasteiger partial charge < -0.3 is 9.80 Å². The van der Waals surface area contributed by atoms with Gasteiger partial charge >= 0.3 is 0 Å². The summed E-state index contributed by atoms with van der Waals surface area (Å²) in [4.78, 5) is 5.35. The van der Waals surface area contributed by atoms with Gasteiger partial charge in [-0.05, 0) is 25.7 Å². The molecule has 2 nitrogen and oxygen atoms in total. The van der Waals surface area contributed by atoms with Crippen molar-refractivity contribution >= 4 is 0 Å². The molecule has 1 heterocycles. The molecule has 37 heavy (non-hydrogen) atoms. The number of nitrogens with zero attached hydrogens (tertiary/aromatic N) is 2. The van der Waals surface area contributed by atoms with E-state index < -0.39 is 0 Å². The molecule has 0 aromatic rings. The zero-order valence-corrected chi connectivity index (χ0v) is 26.1. The number of rotatable bonds is 29. The van der Waals surface area contributed by atoms with Crippen LogP contribution in [0, 0.1) is 0 Å². The second-order valence-electron chi connectivity index (χ2n) is 12.2. The maximum Gasteiger partial charge on any atom is 0.101 e. The molecule has 0 amide bonds.